The van der Waals surface area contributed by atoms with Crippen LogP contribution in [-0.2, 0) is 29.8 Å². The van der Waals surface area contributed by atoms with Gasteiger partial charge >= 0.3 is 18.0 Å². The van der Waals surface area contributed by atoms with Crippen molar-refractivity contribution >= 4 is 77.2 Å². The molecule has 1 aromatic carbocycles. The average Bonchev–Trinajstić information content (AvgIpc) is 3.61. The van der Waals surface area contributed by atoms with Gasteiger partial charge in [0.25, 0.3) is 0 Å². The number of anilines is 3. The van der Waals surface area contributed by atoms with E-state index in [2.05, 4.69) is 44.4 Å². The number of cyclic esters (lactones) is 1. The molecule has 1 saturated carbocycles. The van der Waals surface area contributed by atoms with Gasteiger partial charge in [-0.1, -0.05) is 11.6 Å². The van der Waals surface area contributed by atoms with Gasteiger partial charge in [-0.05, 0) is 87.5 Å². The van der Waals surface area contributed by atoms with Crippen LogP contribution >= 0.6 is 30.8 Å². The molecule has 16 nitrogen and oxygen atoms in total. The zero-order valence-corrected chi connectivity index (χ0v) is 32.6. The van der Waals surface area contributed by atoms with Crippen molar-refractivity contribution in [2.24, 2.45) is 0 Å². The predicted octanol–water partition coefficient (Wildman–Crippen LogP) is 4.62. The molecule has 2 fully saturated rings. The van der Waals surface area contributed by atoms with Crippen LogP contribution in [0.15, 0.2) is 23.5 Å². The minimum atomic E-state index is -4.35. The number of carbonyl (C=O) groups is 3. The maximum absolute atomic E-state index is 14.3. The molecule has 51 heavy (non-hydrogen) atoms. The maximum Gasteiger partial charge on any atom is 0.427 e. The molecule has 2 amide bonds. The fourth-order valence-electron chi connectivity index (χ4n) is 3.98. The van der Waals surface area contributed by atoms with Gasteiger partial charge < -0.3 is 39.6 Å². The molecule has 1 aromatic heterocycles. The second kappa shape index (κ2) is 22.6. The number of imide groups is 1. The number of carboxylic acids is 1. The summed E-state index contributed by atoms with van der Waals surface area (Å²) in [5.74, 6) is -1.50. The number of hydrogen-bond donors (Lipinski definition) is 5. The second-order valence-electron chi connectivity index (χ2n) is 11.2. The van der Waals surface area contributed by atoms with E-state index in [9.17, 15) is 28.2 Å². The number of rotatable bonds is 11. The fourth-order valence-corrected chi connectivity index (χ4v) is 4.73. The van der Waals surface area contributed by atoms with Gasteiger partial charge in [0.1, 0.15) is 19.2 Å². The maximum atomic E-state index is 14.3. The predicted molar refractivity (Wildman–Crippen MR) is 195 cm³/mol. The van der Waals surface area contributed by atoms with Gasteiger partial charge in [-0.15, -0.1) is 0 Å². The number of carbonyl (C=O) groups excluding carboxylic acids is 2. The largest absolute Gasteiger partial charge is 0.778 e. The molecule has 0 spiro atoms. The molecule has 0 radical (unpaired) electrons. The Balaban J connectivity index is 0.000000405. The summed E-state index contributed by atoms with van der Waals surface area (Å²) in [5.41, 5.74) is 0.311. The first kappa shape index (κ1) is 45.8. The fraction of sp³-hybridized carbons (Fsp3) is 0.533. The molecule has 4 rings (SSSR count). The normalized spacial score (nSPS) is 15.0. The molecular weight excluding hydrogens is 755 g/mol. The van der Waals surface area contributed by atoms with Gasteiger partial charge in [-0.2, -0.15) is 15.0 Å². The van der Waals surface area contributed by atoms with Crippen LogP contribution in [0, 0.1) is 5.82 Å². The van der Waals surface area contributed by atoms with Crippen LogP contribution in [0.1, 0.15) is 53.4 Å². The molecule has 1 atom stereocenters. The van der Waals surface area contributed by atoms with Gasteiger partial charge in [0, 0.05) is 19.2 Å². The quantitative estimate of drug-likeness (QED) is 0.119. The molecule has 286 valence electrons. The molecule has 2 aromatic rings. The Morgan fingerprint density at radius 3 is 2.06 bits per heavy atom. The summed E-state index contributed by atoms with van der Waals surface area (Å²) in [7, 11) is -3.71. The third-order valence-corrected chi connectivity index (χ3v) is 7.01. The summed E-state index contributed by atoms with van der Waals surface area (Å²) < 4.78 is 35.0. The summed E-state index contributed by atoms with van der Waals surface area (Å²) in [6.07, 6.45) is 8.87. The number of aromatic nitrogens is 3. The summed E-state index contributed by atoms with van der Waals surface area (Å²) in [5, 5.41) is 16.2. The number of hydrogen-bond acceptors (Lipinski definition) is 13. The molecule has 0 bridgehead atoms. The Morgan fingerprint density at radius 1 is 1.10 bits per heavy atom. The number of nitrogens with zero attached hydrogens (tertiary/aromatic N) is 4. The Kier molecular flexibility index (Phi) is 20.3. The van der Waals surface area contributed by atoms with Crippen LogP contribution in [0.4, 0.5) is 26.8 Å². The highest BCUT2D eigenvalue weighted by Crippen LogP contribution is 2.37. The number of allylic oxidation sites excluding steroid dienone is 1. The minimum Gasteiger partial charge on any atom is -0.778 e. The van der Waals surface area contributed by atoms with E-state index in [-0.39, 0.29) is 33.6 Å². The van der Waals surface area contributed by atoms with Crippen molar-refractivity contribution in [1.29, 1.82) is 0 Å². The van der Waals surface area contributed by atoms with E-state index in [1.54, 1.807) is 13.8 Å². The molecular formula is C30H45Cl2FN7O9PS. The van der Waals surface area contributed by atoms with E-state index in [0.29, 0.717) is 33.3 Å². The molecule has 5 N–H and O–H groups in total. The number of aliphatic carboxylic acids is 1. The minimum absolute atomic E-state index is 0.00962. The zero-order valence-electron chi connectivity index (χ0n) is 29.4. The monoisotopic (exact) mass is 799 g/mol. The number of nitrogens with one attached hydrogen (secondary N) is 3. The van der Waals surface area contributed by atoms with E-state index >= 15 is 0 Å². The number of amides is 2. The van der Waals surface area contributed by atoms with E-state index in [1.807, 2.05) is 19.2 Å². The molecule has 21 heteroatoms. The summed E-state index contributed by atoms with van der Waals surface area (Å²) >= 11 is 11.7. The smallest absolute Gasteiger partial charge is 0.427 e. The van der Waals surface area contributed by atoms with Gasteiger partial charge in [0.15, 0.2) is 5.76 Å². The highest BCUT2D eigenvalue weighted by atomic mass is 35.5. The SMILES string of the molecule is CC(C)=C1OC(=O)N(c2cc(OC3CCCC3)c(Cl)cc2F)C1=O.CCNc1nc(Cl)nc(NCC)n1.C[S+](C)C.O=C(O)CNCP(=O)([O-])O. The molecule has 1 aliphatic carbocycles. The number of carboxylic acid groups (broad SMARTS) is 1. The van der Waals surface area contributed by atoms with E-state index < -0.39 is 44.2 Å². The Hall–Kier alpha value is -3.25. The summed E-state index contributed by atoms with van der Waals surface area (Å²) in [6.45, 7) is 8.23. The lowest BCUT2D eigenvalue weighted by Gasteiger charge is -2.18. The van der Waals surface area contributed by atoms with E-state index in [1.165, 1.54) is 6.07 Å². The van der Waals surface area contributed by atoms with Crippen molar-refractivity contribution in [1.82, 2.24) is 20.3 Å². The third kappa shape index (κ3) is 17.7. The van der Waals surface area contributed by atoms with Crippen molar-refractivity contribution < 1.29 is 47.7 Å². The van der Waals surface area contributed by atoms with E-state index in [0.717, 1.165) is 44.8 Å². The van der Waals surface area contributed by atoms with Gasteiger partial charge in [0.2, 0.25) is 17.2 Å². The molecule has 1 aliphatic heterocycles. The van der Waals surface area contributed by atoms with Crippen molar-refractivity contribution in [2.45, 2.75) is 59.5 Å². The molecule has 2 heterocycles. The lowest BCUT2D eigenvalue weighted by Crippen LogP contribution is -2.29. The second-order valence-corrected chi connectivity index (χ2v) is 16.0. The first-order chi connectivity index (χ1) is 23.8. The Morgan fingerprint density at radius 2 is 1.63 bits per heavy atom. The summed E-state index contributed by atoms with van der Waals surface area (Å²) in [4.78, 5) is 64.6. The molecule has 2 aliphatic rings. The van der Waals surface area contributed by atoms with Gasteiger partial charge in [-0.25, -0.2) is 14.1 Å². The lowest BCUT2D eigenvalue weighted by atomic mass is 10.2. The van der Waals surface area contributed by atoms with E-state index in [4.69, 9.17) is 42.7 Å². The van der Waals surface area contributed by atoms with Crippen molar-refractivity contribution in [3.05, 3.63) is 39.6 Å². The number of ether oxygens (including phenoxy) is 2. The highest BCUT2D eigenvalue weighted by Gasteiger charge is 2.40. The number of halogens is 3. The zero-order chi connectivity index (χ0) is 38.9. The molecule has 1 saturated heterocycles. The highest BCUT2D eigenvalue weighted by molar-refractivity contribution is 7.94. The Bertz CT molecular complexity index is 1530. The standard InChI is InChI=1S/C17H17ClFNO4.C7H12ClN5.C3H8NO5P.C3H9S/c1-9(2)15-16(21)20(17(22)24-15)13-8-14(11(18)7-12(13)19)23-10-5-3-4-6-10;1-3-9-6-11-5(8)12-7(13-6)10-4-2;5-3(6)1-4-2-10(7,8)9;1-4(2)3/h7-8,10H,3-6H2,1-2H3;3-4H2,1-2H3,(H2,9,10,11,12,13);4H,1-2H2,(H,5,6)(H2,7,8,9);1-3H3/q;;;+1/p-1. The van der Waals surface area contributed by atoms with Crippen LogP contribution in [0.25, 0.3) is 0 Å². The topological polar surface area (TPSA) is 228 Å². The lowest BCUT2D eigenvalue weighted by molar-refractivity contribution is -0.193. The van der Waals surface area contributed by atoms with Crippen molar-refractivity contribution in [3.63, 3.8) is 0 Å². The van der Waals surface area contributed by atoms with Crippen LogP contribution in [0.2, 0.25) is 10.3 Å². The first-order valence-corrected chi connectivity index (χ1v) is 20.5. The third-order valence-electron chi connectivity index (χ3n) is 5.93. The van der Waals surface area contributed by atoms with Crippen LogP contribution < -0.4 is 30.5 Å². The first-order valence-electron chi connectivity index (χ1n) is 15.5. The van der Waals surface area contributed by atoms with Gasteiger partial charge in [-0.3, -0.25) is 14.9 Å². The van der Waals surface area contributed by atoms with Crippen LogP contribution in [-0.4, -0.2) is 93.7 Å². The van der Waals surface area contributed by atoms with Crippen LogP contribution in [0.3, 0.4) is 0 Å². The summed E-state index contributed by atoms with van der Waals surface area (Å²) in [6, 6.07) is 2.32. The van der Waals surface area contributed by atoms with Crippen molar-refractivity contribution in [2.75, 3.05) is 60.2 Å². The van der Waals surface area contributed by atoms with Crippen LogP contribution in [0.5, 0.6) is 5.75 Å². The Labute approximate surface area is 309 Å². The van der Waals surface area contributed by atoms with Crippen molar-refractivity contribution in [3.8, 4) is 5.75 Å². The number of benzene rings is 1. The molecule has 1 unspecified atom stereocenters. The van der Waals surface area contributed by atoms with Gasteiger partial charge in [0.05, 0.1) is 48.4 Å². The average molecular weight is 801 g/mol.